The Bertz CT molecular complexity index is 172. The molecule has 0 amide bonds. The molecule has 1 aliphatic carbocycles. The number of hydrogen-bond donors (Lipinski definition) is 0. The minimum atomic E-state index is -0.186. The Hall–Kier alpha value is -0.790. The molecule has 11 heavy (non-hydrogen) atoms. The maximum Gasteiger partial charge on any atom is 0.303 e. The fraction of sp³-hybridized carbons (Fsp3) is 0.667. The zero-order valence-electron chi connectivity index (χ0n) is 7.04. The molecule has 0 radical (unpaired) electrons. The average Bonchev–Trinajstić information content (AvgIpc) is 1.85. The molecule has 2 nitrogen and oxygen atoms in total. The van der Waals surface area contributed by atoms with Crippen molar-refractivity contribution in [2.45, 2.75) is 32.8 Å². The maximum absolute atomic E-state index is 10.6. The van der Waals surface area contributed by atoms with Crippen molar-refractivity contribution < 1.29 is 9.53 Å². The zero-order valence-corrected chi connectivity index (χ0v) is 7.04. The second kappa shape index (κ2) is 3.56. The molecular formula is C9H14O2. The van der Waals surface area contributed by atoms with Crippen molar-refractivity contribution in [1.82, 2.24) is 0 Å². The van der Waals surface area contributed by atoms with Crippen LogP contribution in [0.2, 0.25) is 0 Å². The molecule has 62 valence electrons. The lowest BCUT2D eigenvalue weighted by Crippen LogP contribution is -2.19. The summed E-state index contributed by atoms with van der Waals surface area (Å²) in [5.41, 5.74) is 0. The third-order valence-corrected chi connectivity index (χ3v) is 1.84. The number of carbonyl (C=O) groups is 1. The minimum absolute atomic E-state index is 0.0243. The molecule has 0 aliphatic heterocycles. The van der Waals surface area contributed by atoms with Crippen LogP contribution in [-0.2, 0) is 9.53 Å². The molecule has 0 saturated carbocycles. The average molecular weight is 154 g/mol. The summed E-state index contributed by atoms with van der Waals surface area (Å²) in [6.45, 7) is 3.62. The van der Waals surface area contributed by atoms with Crippen LogP contribution in [0.25, 0.3) is 0 Å². The quantitative estimate of drug-likeness (QED) is 0.426. The Morgan fingerprint density at radius 1 is 1.64 bits per heavy atom. The van der Waals surface area contributed by atoms with E-state index < -0.39 is 0 Å². The van der Waals surface area contributed by atoms with Gasteiger partial charge < -0.3 is 4.74 Å². The first-order chi connectivity index (χ1) is 5.18. The molecule has 0 saturated heterocycles. The van der Waals surface area contributed by atoms with Crippen LogP contribution in [-0.4, -0.2) is 12.1 Å². The van der Waals surface area contributed by atoms with Gasteiger partial charge in [0, 0.05) is 6.92 Å². The molecule has 0 aromatic heterocycles. The van der Waals surface area contributed by atoms with E-state index in [0.717, 1.165) is 12.8 Å². The molecular weight excluding hydrogens is 140 g/mol. The van der Waals surface area contributed by atoms with Crippen molar-refractivity contribution in [2.75, 3.05) is 0 Å². The summed E-state index contributed by atoms with van der Waals surface area (Å²) in [5, 5.41) is 0. The van der Waals surface area contributed by atoms with Gasteiger partial charge in [-0.15, -0.1) is 0 Å². The number of allylic oxidation sites excluding steroid dienone is 1. The first-order valence-corrected chi connectivity index (χ1v) is 4.02. The van der Waals surface area contributed by atoms with Gasteiger partial charge in [-0.2, -0.15) is 0 Å². The summed E-state index contributed by atoms with van der Waals surface area (Å²) in [5.74, 6) is 0.457. The van der Waals surface area contributed by atoms with Gasteiger partial charge in [-0.25, -0.2) is 0 Å². The lowest BCUT2D eigenvalue weighted by molar-refractivity contribution is -0.144. The van der Waals surface area contributed by atoms with Crippen LogP contribution < -0.4 is 0 Å². The van der Waals surface area contributed by atoms with E-state index in [-0.39, 0.29) is 12.1 Å². The van der Waals surface area contributed by atoms with E-state index in [0.29, 0.717) is 5.92 Å². The lowest BCUT2D eigenvalue weighted by atomic mass is 9.94. The van der Waals surface area contributed by atoms with Crippen molar-refractivity contribution in [3.63, 3.8) is 0 Å². The second-order valence-electron chi connectivity index (χ2n) is 3.15. The third-order valence-electron chi connectivity index (χ3n) is 1.84. The number of carbonyl (C=O) groups excluding carboxylic acids is 1. The summed E-state index contributed by atoms with van der Waals surface area (Å²) in [6.07, 6.45) is 6.16. The largest absolute Gasteiger partial charge is 0.458 e. The van der Waals surface area contributed by atoms with Crippen molar-refractivity contribution in [3.8, 4) is 0 Å². The number of esters is 1. The highest BCUT2D eigenvalue weighted by atomic mass is 16.5. The molecule has 0 spiro atoms. The van der Waals surface area contributed by atoms with E-state index in [1.807, 2.05) is 6.08 Å². The summed E-state index contributed by atoms with van der Waals surface area (Å²) in [6, 6.07) is 0. The number of hydrogen-bond acceptors (Lipinski definition) is 2. The summed E-state index contributed by atoms with van der Waals surface area (Å²) in [7, 11) is 0. The van der Waals surface area contributed by atoms with Gasteiger partial charge in [0.25, 0.3) is 0 Å². The van der Waals surface area contributed by atoms with Gasteiger partial charge in [0.15, 0.2) is 0 Å². The molecule has 1 aliphatic rings. The molecule has 2 atom stereocenters. The molecule has 2 unspecified atom stereocenters. The van der Waals surface area contributed by atoms with E-state index in [4.69, 9.17) is 4.74 Å². The number of rotatable bonds is 1. The number of ether oxygens (including phenoxy) is 1. The Balaban J connectivity index is 2.40. The maximum atomic E-state index is 10.6. The molecule has 0 N–H and O–H groups in total. The normalized spacial score (nSPS) is 30.0. The molecule has 0 bridgehead atoms. The van der Waals surface area contributed by atoms with Crippen LogP contribution in [0.5, 0.6) is 0 Å². The summed E-state index contributed by atoms with van der Waals surface area (Å²) >= 11 is 0. The predicted molar refractivity (Wildman–Crippen MR) is 43.1 cm³/mol. The first kappa shape index (κ1) is 8.31. The Labute approximate surface area is 67.2 Å². The van der Waals surface area contributed by atoms with Gasteiger partial charge in [-0.1, -0.05) is 13.0 Å². The monoisotopic (exact) mass is 154 g/mol. The van der Waals surface area contributed by atoms with Gasteiger partial charge in [0.1, 0.15) is 6.10 Å². The van der Waals surface area contributed by atoms with Crippen LogP contribution in [0.15, 0.2) is 12.2 Å². The van der Waals surface area contributed by atoms with E-state index in [1.54, 1.807) is 0 Å². The van der Waals surface area contributed by atoms with Crippen LogP contribution in [0.1, 0.15) is 26.7 Å². The zero-order chi connectivity index (χ0) is 8.27. The van der Waals surface area contributed by atoms with Crippen LogP contribution >= 0.6 is 0 Å². The highest BCUT2D eigenvalue weighted by Crippen LogP contribution is 2.19. The SMILES string of the molecule is CC(=O)OC1C=CCC(C)C1. The van der Waals surface area contributed by atoms with Gasteiger partial charge in [0.05, 0.1) is 0 Å². The predicted octanol–water partition coefficient (Wildman–Crippen LogP) is 1.90. The Morgan fingerprint density at radius 2 is 2.36 bits per heavy atom. The highest BCUT2D eigenvalue weighted by Gasteiger charge is 2.15. The van der Waals surface area contributed by atoms with Crippen molar-refractivity contribution in [3.05, 3.63) is 12.2 Å². The van der Waals surface area contributed by atoms with Gasteiger partial charge in [0.2, 0.25) is 0 Å². The summed E-state index contributed by atoms with van der Waals surface area (Å²) in [4.78, 5) is 10.6. The van der Waals surface area contributed by atoms with Crippen LogP contribution in [0.4, 0.5) is 0 Å². The summed E-state index contributed by atoms with van der Waals surface area (Å²) < 4.78 is 5.04. The Morgan fingerprint density at radius 3 is 2.91 bits per heavy atom. The molecule has 0 fully saturated rings. The first-order valence-electron chi connectivity index (χ1n) is 4.02. The smallest absolute Gasteiger partial charge is 0.303 e. The minimum Gasteiger partial charge on any atom is -0.458 e. The van der Waals surface area contributed by atoms with E-state index >= 15 is 0 Å². The molecule has 0 aromatic carbocycles. The standard InChI is InChI=1S/C9H14O2/c1-7-4-3-5-9(6-7)11-8(2)10/h3,5,7,9H,4,6H2,1-2H3. The fourth-order valence-corrected chi connectivity index (χ4v) is 1.33. The molecule has 1 rings (SSSR count). The second-order valence-corrected chi connectivity index (χ2v) is 3.15. The third kappa shape index (κ3) is 2.74. The molecule has 0 heterocycles. The van der Waals surface area contributed by atoms with E-state index in [2.05, 4.69) is 13.0 Å². The topological polar surface area (TPSA) is 26.3 Å². The van der Waals surface area contributed by atoms with Crippen molar-refractivity contribution in [2.24, 2.45) is 5.92 Å². The van der Waals surface area contributed by atoms with E-state index in [1.165, 1.54) is 6.92 Å². The Kier molecular flexibility index (Phi) is 2.69. The lowest BCUT2D eigenvalue weighted by Gasteiger charge is -2.20. The van der Waals surface area contributed by atoms with Crippen LogP contribution in [0.3, 0.4) is 0 Å². The van der Waals surface area contributed by atoms with Crippen LogP contribution in [0, 0.1) is 5.92 Å². The van der Waals surface area contributed by atoms with Crippen molar-refractivity contribution in [1.29, 1.82) is 0 Å². The fourth-order valence-electron chi connectivity index (χ4n) is 1.33. The van der Waals surface area contributed by atoms with Gasteiger partial charge in [-0.3, -0.25) is 4.79 Å². The molecule has 2 heteroatoms. The van der Waals surface area contributed by atoms with Crippen molar-refractivity contribution >= 4 is 5.97 Å². The van der Waals surface area contributed by atoms with Gasteiger partial charge >= 0.3 is 5.97 Å². The highest BCUT2D eigenvalue weighted by molar-refractivity contribution is 5.66. The molecule has 0 aromatic rings. The van der Waals surface area contributed by atoms with Gasteiger partial charge in [-0.05, 0) is 24.8 Å². The van der Waals surface area contributed by atoms with E-state index in [9.17, 15) is 4.79 Å².